The van der Waals surface area contributed by atoms with Crippen molar-refractivity contribution >= 4 is 17.5 Å². The summed E-state index contributed by atoms with van der Waals surface area (Å²) in [6.45, 7) is 4.20. The number of para-hydroxylation sites is 1. The standard InChI is InChI=1S/C18H20ClNO3/c1-13-6-3-4-9-17(13)23-11-14(2)20-18(21)12-22-16-8-5-7-15(19)10-16/h3-10,14H,11-12H2,1-2H3,(H,20,21). The summed E-state index contributed by atoms with van der Waals surface area (Å²) < 4.78 is 11.1. The highest BCUT2D eigenvalue weighted by Gasteiger charge is 2.09. The highest BCUT2D eigenvalue weighted by atomic mass is 35.5. The fourth-order valence-electron chi connectivity index (χ4n) is 2.00. The van der Waals surface area contributed by atoms with Gasteiger partial charge in [-0.3, -0.25) is 4.79 Å². The van der Waals surface area contributed by atoms with Crippen molar-refractivity contribution in [1.29, 1.82) is 0 Å². The van der Waals surface area contributed by atoms with Crippen LogP contribution in [0.15, 0.2) is 48.5 Å². The fourth-order valence-corrected chi connectivity index (χ4v) is 2.18. The van der Waals surface area contributed by atoms with Gasteiger partial charge in [0.25, 0.3) is 5.91 Å². The summed E-state index contributed by atoms with van der Waals surface area (Å²) >= 11 is 5.86. The van der Waals surface area contributed by atoms with Crippen LogP contribution in [0.1, 0.15) is 12.5 Å². The van der Waals surface area contributed by atoms with E-state index in [-0.39, 0.29) is 18.6 Å². The molecule has 0 aliphatic rings. The van der Waals surface area contributed by atoms with Gasteiger partial charge in [-0.05, 0) is 43.7 Å². The molecule has 2 aromatic carbocycles. The summed E-state index contributed by atoms with van der Waals surface area (Å²) in [4.78, 5) is 11.9. The zero-order valence-electron chi connectivity index (χ0n) is 13.2. The number of carbonyl (C=O) groups is 1. The van der Waals surface area contributed by atoms with E-state index in [0.29, 0.717) is 17.4 Å². The first-order valence-corrected chi connectivity index (χ1v) is 7.78. The van der Waals surface area contributed by atoms with Crippen molar-refractivity contribution in [2.24, 2.45) is 0 Å². The van der Waals surface area contributed by atoms with E-state index in [1.54, 1.807) is 24.3 Å². The predicted octanol–water partition coefficient (Wildman–Crippen LogP) is 3.61. The van der Waals surface area contributed by atoms with E-state index in [2.05, 4.69) is 5.32 Å². The minimum atomic E-state index is -0.203. The Morgan fingerprint density at radius 3 is 2.70 bits per heavy atom. The van der Waals surface area contributed by atoms with Gasteiger partial charge in [-0.25, -0.2) is 0 Å². The molecule has 1 amide bonds. The van der Waals surface area contributed by atoms with Crippen LogP contribution in [-0.4, -0.2) is 25.2 Å². The molecule has 0 heterocycles. The van der Waals surface area contributed by atoms with E-state index in [4.69, 9.17) is 21.1 Å². The SMILES string of the molecule is Cc1ccccc1OCC(C)NC(=O)COc1cccc(Cl)c1. The van der Waals surface area contributed by atoms with E-state index < -0.39 is 0 Å². The lowest BCUT2D eigenvalue weighted by Crippen LogP contribution is -2.39. The number of benzene rings is 2. The third kappa shape index (κ3) is 5.83. The van der Waals surface area contributed by atoms with Crippen molar-refractivity contribution in [2.75, 3.05) is 13.2 Å². The molecule has 1 N–H and O–H groups in total. The highest BCUT2D eigenvalue weighted by Crippen LogP contribution is 2.17. The van der Waals surface area contributed by atoms with Crippen molar-refractivity contribution < 1.29 is 14.3 Å². The number of ether oxygens (including phenoxy) is 2. The number of halogens is 1. The van der Waals surface area contributed by atoms with Crippen LogP contribution in [0.25, 0.3) is 0 Å². The Balaban J connectivity index is 1.73. The number of hydrogen-bond donors (Lipinski definition) is 1. The third-order valence-electron chi connectivity index (χ3n) is 3.16. The summed E-state index contributed by atoms with van der Waals surface area (Å²) in [6.07, 6.45) is 0. The summed E-state index contributed by atoms with van der Waals surface area (Å²) in [5.74, 6) is 1.19. The van der Waals surface area contributed by atoms with E-state index >= 15 is 0 Å². The lowest BCUT2D eigenvalue weighted by atomic mass is 10.2. The van der Waals surface area contributed by atoms with Gasteiger partial charge >= 0.3 is 0 Å². The monoisotopic (exact) mass is 333 g/mol. The maximum absolute atomic E-state index is 11.9. The van der Waals surface area contributed by atoms with Gasteiger partial charge in [0.05, 0.1) is 6.04 Å². The molecule has 0 saturated heterocycles. The molecule has 0 saturated carbocycles. The van der Waals surface area contributed by atoms with Gasteiger partial charge in [-0.2, -0.15) is 0 Å². The molecule has 0 radical (unpaired) electrons. The Kier molecular flexibility index (Phi) is 6.29. The maximum Gasteiger partial charge on any atom is 0.258 e. The van der Waals surface area contributed by atoms with Crippen molar-refractivity contribution in [2.45, 2.75) is 19.9 Å². The number of amides is 1. The molecule has 0 aromatic heterocycles. The Bertz CT molecular complexity index is 660. The van der Waals surface area contributed by atoms with Crippen LogP contribution < -0.4 is 14.8 Å². The summed E-state index contributed by atoms with van der Waals surface area (Å²) in [5.41, 5.74) is 1.07. The molecule has 1 unspecified atom stereocenters. The molecule has 0 fully saturated rings. The Labute approximate surface area is 141 Å². The van der Waals surface area contributed by atoms with Crippen LogP contribution in [-0.2, 0) is 4.79 Å². The average Bonchev–Trinajstić information content (AvgIpc) is 2.52. The van der Waals surface area contributed by atoms with Crippen LogP contribution in [0.3, 0.4) is 0 Å². The summed E-state index contributed by atoms with van der Waals surface area (Å²) in [6, 6.07) is 14.6. The molecule has 5 heteroatoms. The van der Waals surface area contributed by atoms with Crippen LogP contribution in [0, 0.1) is 6.92 Å². The first-order valence-electron chi connectivity index (χ1n) is 7.41. The van der Waals surface area contributed by atoms with Gasteiger partial charge in [0.2, 0.25) is 0 Å². The Morgan fingerprint density at radius 1 is 1.17 bits per heavy atom. The molecular weight excluding hydrogens is 314 g/mol. The van der Waals surface area contributed by atoms with Crippen LogP contribution >= 0.6 is 11.6 Å². The van der Waals surface area contributed by atoms with Gasteiger partial charge in [0.1, 0.15) is 18.1 Å². The smallest absolute Gasteiger partial charge is 0.258 e. The molecule has 122 valence electrons. The minimum Gasteiger partial charge on any atom is -0.491 e. The predicted molar refractivity (Wildman–Crippen MR) is 91.2 cm³/mol. The fraction of sp³-hybridized carbons (Fsp3) is 0.278. The summed E-state index contributed by atoms with van der Waals surface area (Å²) in [5, 5.41) is 3.40. The van der Waals surface area contributed by atoms with Crippen LogP contribution in [0.5, 0.6) is 11.5 Å². The Hall–Kier alpha value is -2.20. The molecule has 0 aliphatic heterocycles. The lowest BCUT2D eigenvalue weighted by molar-refractivity contribution is -0.123. The quantitative estimate of drug-likeness (QED) is 0.842. The number of rotatable bonds is 7. The minimum absolute atomic E-state index is 0.0605. The second kappa shape index (κ2) is 8.44. The molecule has 2 aromatic rings. The molecule has 1 atom stereocenters. The maximum atomic E-state index is 11.9. The van der Waals surface area contributed by atoms with E-state index in [1.165, 1.54) is 0 Å². The first-order chi connectivity index (χ1) is 11.0. The number of carbonyl (C=O) groups excluding carboxylic acids is 1. The molecule has 23 heavy (non-hydrogen) atoms. The van der Waals surface area contributed by atoms with Crippen molar-refractivity contribution in [1.82, 2.24) is 5.32 Å². The van der Waals surface area contributed by atoms with Crippen LogP contribution in [0.2, 0.25) is 5.02 Å². The number of aryl methyl sites for hydroxylation is 1. The average molecular weight is 334 g/mol. The molecule has 0 aliphatic carbocycles. The third-order valence-corrected chi connectivity index (χ3v) is 3.39. The van der Waals surface area contributed by atoms with Crippen LogP contribution in [0.4, 0.5) is 0 Å². The molecule has 2 rings (SSSR count). The van der Waals surface area contributed by atoms with E-state index in [1.807, 2.05) is 38.1 Å². The molecule has 4 nitrogen and oxygen atoms in total. The summed E-state index contributed by atoms with van der Waals surface area (Å²) in [7, 11) is 0. The zero-order chi connectivity index (χ0) is 16.7. The van der Waals surface area contributed by atoms with Gasteiger partial charge in [0, 0.05) is 5.02 Å². The largest absolute Gasteiger partial charge is 0.491 e. The zero-order valence-corrected chi connectivity index (χ0v) is 14.0. The lowest BCUT2D eigenvalue weighted by Gasteiger charge is -2.16. The number of nitrogens with one attached hydrogen (secondary N) is 1. The van der Waals surface area contributed by atoms with E-state index in [9.17, 15) is 4.79 Å². The normalized spacial score (nSPS) is 11.6. The van der Waals surface area contributed by atoms with E-state index in [0.717, 1.165) is 11.3 Å². The second-order valence-corrected chi connectivity index (χ2v) is 5.73. The molecular formula is C18H20ClNO3. The Morgan fingerprint density at radius 2 is 1.96 bits per heavy atom. The van der Waals surface area contributed by atoms with Gasteiger partial charge in [-0.15, -0.1) is 0 Å². The first kappa shape index (κ1) is 17.2. The van der Waals surface area contributed by atoms with Gasteiger partial charge in [0.15, 0.2) is 6.61 Å². The van der Waals surface area contributed by atoms with Crippen molar-refractivity contribution in [3.05, 3.63) is 59.1 Å². The second-order valence-electron chi connectivity index (χ2n) is 5.29. The number of hydrogen-bond acceptors (Lipinski definition) is 3. The highest BCUT2D eigenvalue weighted by molar-refractivity contribution is 6.30. The molecule has 0 bridgehead atoms. The topological polar surface area (TPSA) is 47.6 Å². The van der Waals surface area contributed by atoms with Crippen molar-refractivity contribution in [3.63, 3.8) is 0 Å². The van der Waals surface area contributed by atoms with Gasteiger partial charge in [-0.1, -0.05) is 35.9 Å². The van der Waals surface area contributed by atoms with Gasteiger partial charge < -0.3 is 14.8 Å². The van der Waals surface area contributed by atoms with Crippen molar-refractivity contribution in [3.8, 4) is 11.5 Å². The molecule has 0 spiro atoms.